The van der Waals surface area contributed by atoms with Gasteiger partial charge in [-0.3, -0.25) is 14.7 Å². The molecule has 2 aliphatic rings. The van der Waals surface area contributed by atoms with E-state index < -0.39 is 0 Å². The van der Waals surface area contributed by atoms with E-state index in [2.05, 4.69) is 35.3 Å². The summed E-state index contributed by atoms with van der Waals surface area (Å²) >= 11 is 0. The Kier molecular flexibility index (Phi) is 4.97. The Hall–Kier alpha value is -2.63. The van der Waals surface area contributed by atoms with Gasteiger partial charge < -0.3 is 9.80 Å². The molecule has 2 aromatic rings. The number of amides is 2. The summed E-state index contributed by atoms with van der Waals surface area (Å²) in [5, 5.41) is 6.69. The number of benzene rings is 1. The first-order chi connectivity index (χ1) is 13.1. The molecule has 2 amide bonds. The molecule has 4 rings (SSSR count). The summed E-state index contributed by atoms with van der Waals surface area (Å²) in [6, 6.07) is 10.2. The van der Waals surface area contributed by atoms with Crippen molar-refractivity contribution in [2.45, 2.75) is 57.7 Å². The fourth-order valence-corrected chi connectivity index (χ4v) is 4.50. The number of nitrogens with zero attached hydrogens (tertiary/aromatic N) is 3. The van der Waals surface area contributed by atoms with Crippen molar-refractivity contribution in [2.24, 2.45) is 0 Å². The molecule has 0 aliphatic carbocycles. The van der Waals surface area contributed by atoms with Crippen LogP contribution in [0.5, 0.6) is 0 Å². The highest BCUT2D eigenvalue weighted by atomic mass is 16.2. The van der Waals surface area contributed by atoms with Crippen LogP contribution < -0.4 is 0 Å². The fourth-order valence-electron chi connectivity index (χ4n) is 4.50. The molecule has 0 radical (unpaired) electrons. The van der Waals surface area contributed by atoms with E-state index in [1.54, 1.807) is 12.3 Å². The van der Waals surface area contributed by atoms with Crippen LogP contribution in [0.15, 0.2) is 36.5 Å². The van der Waals surface area contributed by atoms with Crippen molar-refractivity contribution in [3.05, 3.63) is 53.3 Å². The molecular formula is C21H26N4O2. The summed E-state index contributed by atoms with van der Waals surface area (Å²) < 4.78 is 0. The Morgan fingerprint density at radius 3 is 2.89 bits per heavy atom. The van der Waals surface area contributed by atoms with Crippen molar-refractivity contribution >= 4 is 11.8 Å². The lowest BCUT2D eigenvalue weighted by Gasteiger charge is -2.37. The van der Waals surface area contributed by atoms with E-state index in [1.165, 1.54) is 5.56 Å². The van der Waals surface area contributed by atoms with Crippen LogP contribution >= 0.6 is 0 Å². The molecule has 2 saturated heterocycles. The second-order valence-electron chi connectivity index (χ2n) is 7.65. The maximum atomic E-state index is 12.9. The van der Waals surface area contributed by atoms with E-state index in [0.29, 0.717) is 25.2 Å². The highest BCUT2D eigenvalue weighted by molar-refractivity contribution is 5.92. The molecule has 0 unspecified atom stereocenters. The molecule has 6 nitrogen and oxygen atoms in total. The number of hydrogen-bond donors (Lipinski definition) is 1. The van der Waals surface area contributed by atoms with E-state index in [4.69, 9.17) is 0 Å². The molecule has 2 aliphatic heterocycles. The lowest BCUT2D eigenvalue weighted by molar-refractivity contribution is -0.135. The average Bonchev–Trinajstić information content (AvgIpc) is 3.31. The second kappa shape index (κ2) is 7.55. The molecule has 27 heavy (non-hydrogen) atoms. The van der Waals surface area contributed by atoms with Gasteiger partial charge in [0.25, 0.3) is 5.91 Å². The van der Waals surface area contributed by atoms with Crippen molar-refractivity contribution in [1.29, 1.82) is 0 Å². The van der Waals surface area contributed by atoms with Crippen LogP contribution in [0.25, 0.3) is 0 Å². The minimum Gasteiger partial charge on any atom is -0.333 e. The van der Waals surface area contributed by atoms with Crippen LogP contribution in [0, 0.1) is 6.92 Å². The fraction of sp³-hybridized carbons (Fsp3) is 0.476. The summed E-state index contributed by atoms with van der Waals surface area (Å²) in [6.07, 6.45) is 5.86. The van der Waals surface area contributed by atoms with Crippen LogP contribution in [0.3, 0.4) is 0 Å². The topological polar surface area (TPSA) is 69.3 Å². The molecule has 2 atom stereocenters. The van der Waals surface area contributed by atoms with Crippen LogP contribution in [-0.2, 0) is 11.3 Å². The highest BCUT2D eigenvalue weighted by Crippen LogP contribution is 2.32. The largest absolute Gasteiger partial charge is 0.333 e. The predicted octanol–water partition coefficient (Wildman–Crippen LogP) is 2.90. The standard InChI is InChI=1S/C21H26N4O2/c1-15-5-4-6-16(13-15)14-25-19-10-12-24(21(27)17-9-11-22-23-17)18(19)7-2-3-8-20(25)26/h4-6,9,11,13,18-19H,2-3,7-8,10,12,14H2,1H3,(H,22,23)/t18-,19+/m0/s1. The summed E-state index contributed by atoms with van der Waals surface area (Å²) in [5.41, 5.74) is 2.88. The second-order valence-corrected chi connectivity index (χ2v) is 7.65. The number of carbonyl (C=O) groups excluding carboxylic acids is 2. The Morgan fingerprint density at radius 2 is 2.11 bits per heavy atom. The smallest absolute Gasteiger partial charge is 0.272 e. The van der Waals surface area contributed by atoms with Gasteiger partial charge in [-0.25, -0.2) is 0 Å². The number of aryl methyl sites for hydroxylation is 1. The van der Waals surface area contributed by atoms with Crippen molar-refractivity contribution in [3.63, 3.8) is 0 Å². The predicted molar refractivity (Wildman–Crippen MR) is 102 cm³/mol. The average molecular weight is 366 g/mol. The van der Waals surface area contributed by atoms with E-state index in [-0.39, 0.29) is 23.9 Å². The summed E-state index contributed by atoms with van der Waals surface area (Å²) in [6.45, 7) is 3.38. The van der Waals surface area contributed by atoms with Crippen LogP contribution in [0.1, 0.15) is 53.7 Å². The SMILES string of the molecule is Cc1cccc(CN2C(=O)CCCC[C@H]3[C@H]2CCN3C(=O)c2ccn[nH]2)c1. The first-order valence-electron chi connectivity index (χ1n) is 9.79. The number of hydrogen-bond acceptors (Lipinski definition) is 3. The third kappa shape index (κ3) is 3.61. The van der Waals surface area contributed by atoms with Crippen molar-refractivity contribution in [2.75, 3.05) is 6.54 Å². The van der Waals surface area contributed by atoms with Gasteiger partial charge in [0.2, 0.25) is 5.91 Å². The Labute approximate surface area is 159 Å². The van der Waals surface area contributed by atoms with Gasteiger partial charge in [0.15, 0.2) is 0 Å². The van der Waals surface area contributed by atoms with Gasteiger partial charge in [-0.05, 0) is 37.8 Å². The zero-order chi connectivity index (χ0) is 18.8. The summed E-state index contributed by atoms with van der Waals surface area (Å²) in [4.78, 5) is 29.8. The third-order valence-corrected chi connectivity index (χ3v) is 5.80. The van der Waals surface area contributed by atoms with Gasteiger partial charge in [-0.15, -0.1) is 0 Å². The number of aromatic amines is 1. The van der Waals surface area contributed by atoms with Gasteiger partial charge in [-0.1, -0.05) is 36.2 Å². The quantitative estimate of drug-likeness (QED) is 0.908. The molecule has 2 fully saturated rings. The molecule has 0 spiro atoms. The van der Waals surface area contributed by atoms with E-state index in [0.717, 1.165) is 31.2 Å². The Bertz CT molecular complexity index is 817. The van der Waals surface area contributed by atoms with Gasteiger partial charge in [0.1, 0.15) is 5.69 Å². The minimum atomic E-state index is -0.0106. The van der Waals surface area contributed by atoms with Gasteiger partial charge in [0, 0.05) is 25.7 Å². The van der Waals surface area contributed by atoms with Crippen LogP contribution in [0.4, 0.5) is 0 Å². The lowest BCUT2D eigenvalue weighted by atomic mass is 9.96. The summed E-state index contributed by atoms with van der Waals surface area (Å²) in [5.74, 6) is 0.200. The molecular weight excluding hydrogens is 340 g/mol. The number of carbonyl (C=O) groups is 2. The Balaban J connectivity index is 1.59. The first kappa shape index (κ1) is 17.8. The first-order valence-corrected chi connectivity index (χ1v) is 9.79. The zero-order valence-electron chi connectivity index (χ0n) is 15.7. The molecule has 3 heterocycles. The maximum absolute atomic E-state index is 12.9. The third-order valence-electron chi connectivity index (χ3n) is 5.80. The monoisotopic (exact) mass is 366 g/mol. The van der Waals surface area contributed by atoms with Gasteiger partial charge in [0.05, 0.1) is 12.1 Å². The van der Waals surface area contributed by atoms with Crippen molar-refractivity contribution in [3.8, 4) is 0 Å². The molecule has 6 heteroatoms. The molecule has 1 aromatic carbocycles. The maximum Gasteiger partial charge on any atom is 0.272 e. The summed E-state index contributed by atoms with van der Waals surface area (Å²) in [7, 11) is 0. The number of rotatable bonds is 3. The molecule has 0 saturated carbocycles. The Morgan fingerprint density at radius 1 is 1.22 bits per heavy atom. The minimum absolute atomic E-state index is 0.0106. The van der Waals surface area contributed by atoms with Crippen molar-refractivity contribution in [1.82, 2.24) is 20.0 Å². The highest BCUT2D eigenvalue weighted by Gasteiger charge is 2.42. The zero-order valence-corrected chi connectivity index (χ0v) is 15.7. The lowest BCUT2D eigenvalue weighted by Crippen LogP contribution is -2.49. The van der Waals surface area contributed by atoms with E-state index in [1.807, 2.05) is 15.9 Å². The number of likely N-dealkylation sites (tertiary alicyclic amines) is 2. The molecule has 1 N–H and O–H groups in total. The van der Waals surface area contributed by atoms with Crippen LogP contribution in [-0.4, -0.2) is 50.4 Å². The van der Waals surface area contributed by atoms with E-state index in [9.17, 15) is 9.59 Å². The van der Waals surface area contributed by atoms with E-state index >= 15 is 0 Å². The van der Waals surface area contributed by atoms with Crippen molar-refractivity contribution < 1.29 is 9.59 Å². The number of fused-ring (bicyclic) bond motifs is 1. The number of H-pyrrole nitrogens is 1. The number of aromatic nitrogens is 2. The van der Waals surface area contributed by atoms with Gasteiger partial charge >= 0.3 is 0 Å². The number of nitrogens with one attached hydrogen (secondary N) is 1. The molecule has 142 valence electrons. The normalized spacial score (nSPS) is 23.1. The molecule has 0 bridgehead atoms. The molecule has 1 aromatic heterocycles. The van der Waals surface area contributed by atoms with Gasteiger partial charge in [-0.2, -0.15) is 5.10 Å². The van der Waals surface area contributed by atoms with Crippen LogP contribution in [0.2, 0.25) is 0 Å².